The lowest BCUT2D eigenvalue weighted by atomic mass is 10.0. The van der Waals surface area contributed by atoms with E-state index in [2.05, 4.69) is 27.7 Å². The fourth-order valence-corrected chi connectivity index (χ4v) is 1.30. The molecule has 1 heteroatoms. The minimum atomic E-state index is 0.131. The average molecular weight is 186 g/mol. The maximum atomic E-state index is 5.87. The monoisotopic (exact) mass is 186 g/mol. The van der Waals surface area contributed by atoms with Gasteiger partial charge < -0.3 is 4.74 Å². The summed E-state index contributed by atoms with van der Waals surface area (Å²) in [4.78, 5) is 0. The van der Waals surface area contributed by atoms with Crippen LogP contribution >= 0.6 is 0 Å². The van der Waals surface area contributed by atoms with Crippen LogP contribution in [-0.2, 0) is 4.74 Å². The van der Waals surface area contributed by atoms with Gasteiger partial charge in [0.1, 0.15) is 0 Å². The summed E-state index contributed by atoms with van der Waals surface area (Å²) in [5.74, 6) is 0. The first-order chi connectivity index (χ1) is 6.18. The Morgan fingerprint density at radius 3 is 2.00 bits per heavy atom. The second-order valence-corrected chi connectivity index (χ2v) is 4.07. The Balaban J connectivity index is 3.39. The van der Waals surface area contributed by atoms with Crippen molar-refractivity contribution in [3.63, 3.8) is 0 Å². The number of unbranched alkanes of at least 4 members (excludes halogenated alkanes) is 3. The van der Waals surface area contributed by atoms with Crippen molar-refractivity contribution in [1.82, 2.24) is 0 Å². The molecule has 0 radical (unpaired) electrons. The largest absolute Gasteiger partial charge is 0.375 e. The van der Waals surface area contributed by atoms with Gasteiger partial charge in [-0.3, -0.25) is 0 Å². The number of rotatable bonds is 8. The highest BCUT2D eigenvalue weighted by atomic mass is 16.5. The molecule has 0 aromatic carbocycles. The molecule has 0 aromatic rings. The molecule has 0 atom stereocenters. The highest BCUT2D eigenvalue weighted by Crippen LogP contribution is 2.19. The summed E-state index contributed by atoms with van der Waals surface area (Å²) >= 11 is 0. The normalized spacial score (nSPS) is 12.0. The van der Waals surface area contributed by atoms with Crippen LogP contribution in [-0.4, -0.2) is 12.2 Å². The molecule has 0 saturated carbocycles. The van der Waals surface area contributed by atoms with Gasteiger partial charge in [-0.05, 0) is 26.2 Å². The fourth-order valence-electron chi connectivity index (χ4n) is 1.30. The van der Waals surface area contributed by atoms with Crippen molar-refractivity contribution < 1.29 is 4.74 Å². The Kier molecular flexibility index (Phi) is 7.35. The van der Waals surface area contributed by atoms with E-state index in [0.29, 0.717) is 0 Å². The zero-order valence-corrected chi connectivity index (χ0v) is 9.86. The quantitative estimate of drug-likeness (QED) is 0.517. The third kappa shape index (κ3) is 6.09. The minimum Gasteiger partial charge on any atom is -0.375 e. The predicted octanol–water partition coefficient (Wildman–Crippen LogP) is 4.16. The van der Waals surface area contributed by atoms with E-state index in [1.807, 2.05) is 0 Å². The summed E-state index contributed by atoms with van der Waals surface area (Å²) in [5.41, 5.74) is 0.131. The molecule has 0 aliphatic rings. The molecule has 0 heterocycles. The molecule has 1 nitrogen and oxygen atoms in total. The molecule has 0 aliphatic carbocycles. The molecule has 0 spiro atoms. The smallest absolute Gasteiger partial charge is 0.0649 e. The Morgan fingerprint density at radius 2 is 1.54 bits per heavy atom. The van der Waals surface area contributed by atoms with Crippen molar-refractivity contribution in [3.8, 4) is 0 Å². The standard InChI is InChI=1S/C12H26O/c1-5-8-9-10-11-13-12(4,6-2)7-3/h5-11H2,1-4H3. The number of hydrogen-bond acceptors (Lipinski definition) is 1. The first-order valence-electron chi connectivity index (χ1n) is 5.82. The molecule has 0 bridgehead atoms. The lowest BCUT2D eigenvalue weighted by molar-refractivity contribution is -0.0385. The Morgan fingerprint density at radius 1 is 0.923 bits per heavy atom. The average Bonchev–Trinajstić information content (AvgIpc) is 2.17. The molecule has 0 unspecified atom stereocenters. The molecule has 0 aromatic heterocycles. The van der Waals surface area contributed by atoms with Gasteiger partial charge in [0, 0.05) is 6.61 Å². The van der Waals surface area contributed by atoms with Crippen LogP contribution < -0.4 is 0 Å². The maximum Gasteiger partial charge on any atom is 0.0649 e. The van der Waals surface area contributed by atoms with E-state index in [9.17, 15) is 0 Å². The molecule has 0 N–H and O–H groups in total. The van der Waals surface area contributed by atoms with Crippen molar-refractivity contribution in [2.75, 3.05) is 6.61 Å². The van der Waals surface area contributed by atoms with E-state index < -0.39 is 0 Å². The Labute approximate surface area is 83.9 Å². The summed E-state index contributed by atoms with van der Waals surface area (Å²) in [6.07, 6.45) is 7.44. The van der Waals surface area contributed by atoms with E-state index in [1.165, 1.54) is 25.7 Å². The first-order valence-corrected chi connectivity index (χ1v) is 5.82. The van der Waals surface area contributed by atoms with Gasteiger partial charge in [-0.2, -0.15) is 0 Å². The molecule has 0 amide bonds. The second kappa shape index (κ2) is 7.37. The fraction of sp³-hybridized carbons (Fsp3) is 1.00. The lowest BCUT2D eigenvalue weighted by Gasteiger charge is -2.27. The number of hydrogen-bond donors (Lipinski definition) is 0. The van der Waals surface area contributed by atoms with Gasteiger partial charge in [0.15, 0.2) is 0 Å². The van der Waals surface area contributed by atoms with Gasteiger partial charge in [0.25, 0.3) is 0 Å². The van der Waals surface area contributed by atoms with E-state index in [1.54, 1.807) is 0 Å². The SMILES string of the molecule is CCCCCCOC(C)(CC)CC. The van der Waals surface area contributed by atoms with Crippen molar-refractivity contribution in [2.45, 2.75) is 71.8 Å². The van der Waals surface area contributed by atoms with Gasteiger partial charge in [0.05, 0.1) is 5.60 Å². The summed E-state index contributed by atoms with van der Waals surface area (Å²) < 4.78 is 5.87. The van der Waals surface area contributed by atoms with Gasteiger partial charge in [-0.25, -0.2) is 0 Å². The van der Waals surface area contributed by atoms with E-state index >= 15 is 0 Å². The van der Waals surface area contributed by atoms with Crippen LogP contribution in [0.4, 0.5) is 0 Å². The predicted molar refractivity (Wildman–Crippen MR) is 59.1 cm³/mol. The van der Waals surface area contributed by atoms with Gasteiger partial charge in [-0.1, -0.05) is 40.0 Å². The van der Waals surface area contributed by atoms with E-state index in [-0.39, 0.29) is 5.60 Å². The molecule has 0 saturated heterocycles. The molecular weight excluding hydrogens is 160 g/mol. The van der Waals surface area contributed by atoms with Crippen molar-refractivity contribution >= 4 is 0 Å². The van der Waals surface area contributed by atoms with Crippen LogP contribution in [0.25, 0.3) is 0 Å². The van der Waals surface area contributed by atoms with Gasteiger partial charge >= 0.3 is 0 Å². The van der Waals surface area contributed by atoms with Crippen molar-refractivity contribution in [3.05, 3.63) is 0 Å². The van der Waals surface area contributed by atoms with Crippen LogP contribution in [0.5, 0.6) is 0 Å². The van der Waals surface area contributed by atoms with Crippen molar-refractivity contribution in [2.24, 2.45) is 0 Å². The molecule has 0 rings (SSSR count). The van der Waals surface area contributed by atoms with Crippen LogP contribution in [0.3, 0.4) is 0 Å². The maximum absolute atomic E-state index is 5.87. The molecular formula is C12H26O. The zero-order valence-electron chi connectivity index (χ0n) is 9.86. The Hall–Kier alpha value is -0.0400. The molecule has 0 fully saturated rings. The van der Waals surface area contributed by atoms with E-state index in [4.69, 9.17) is 4.74 Å². The summed E-state index contributed by atoms with van der Waals surface area (Å²) in [6, 6.07) is 0. The van der Waals surface area contributed by atoms with E-state index in [0.717, 1.165) is 19.4 Å². The molecule has 13 heavy (non-hydrogen) atoms. The summed E-state index contributed by atoms with van der Waals surface area (Å²) in [7, 11) is 0. The molecule has 0 aliphatic heterocycles. The topological polar surface area (TPSA) is 9.23 Å². The van der Waals surface area contributed by atoms with Gasteiger partial charge in [0.2, 0.25) is 0 Å². The summed E-state index contributed by atoms with van der Waals surface area (Å²) in [5, 5.41) is 0. The van der Waals surface area contributed by atoms with Crippen LogP contribution in [0.1, 0.15) is 66.2 Å². The van der Waals surface area contributed by atoms with Gasteiger partial charge in [-0.15, -0.1) is 0 Å². The van der Waals surface area contributed by atoms with Crippen molar-refractivity contribution in [1.29, 1.82) is 0 Å². The zero-order chi connectivity index (χ0) is 10.2. The summed E-state index contributed by atoms with van der Waals surface area (Å²) in [6.45, 7) is 9.80. The highest BCUT2D eigenvalue weighted by Gasteiger charge is 2.19. The third-order valence-corrected chi connectivity index (χ3v) is 2.94. The van der Waals surface area contributed by atoms with Crippen LogP contribution in [0.2, 0.25) is 0 Å². The first kappa shape index (κ1) is 13.0. The lowest BCUT2D eigenvalue weighted by Crippen LogP contribution is -2.27. The molecule has 80 valence electrons. The Bertz CT molecular complexity index is 106. The second-order valence-electron chi connectivity index (χ2n) is 4.07. The van der Waals surface area contributed by atoms with Crippen LogP contribution in [0, 0.1) is 0 Å². The minimum absolute atomic E-state index is 0.131. The third-order valence-electron chi connectivity index (χ3n) is 2.94. The van der Waals surface area contributed by atoms with Crippen LogP contribution in [0.15, 0.2) is 0 Å². The number of ether oxygens (including phenoxy) is 1. The highest BCUT2D eigenvalue weighted by molar-refractivity contribution is 4.70.